The standard InChI is InChI=1S/C24H20N4O2/c1-29-20-12-18-19(13-21(20)30-2)28-23-22(18)25-14-26-24(23)27-17-10-6-9-16(11-17)15-7-4-3-5-8-15/h3-14,28H,1-2H3,(H,25,26,27). The second kappa shape index (κ2) is 7.40. The summed E-state index contributed by atoms with van der Waals surface area (Å²) >= 11 is 0. The summed E-state index contributed by atoms with van der Waals surface area (Å²) in [5.74, 6) is 2.03. The minimum atomic E-state index is 0.662. The lowest BCUT2D eigenvalue weighted by molar-refractivity contribution is 0.356. The van der Waals surface area contributed by atoms with E-state index in [1.807, 2.05) is 42.5 Å². The topological polar surface area (TPSA) is 72.1 Å². The normalized spacial score (nSPS) is 11.0. The molecule has 148 valence electrons. The van der Waals surface area contributed by atoms with Gasteiger partial charge < -0.3 is 19.8 Å². The molecule has 2 heterocycles. The van der Waals surface area contributed by atoms with Crippen LogP contribution < -0.4 is 14.8 Å². The summed E-state index contributed by atoms with van der Waals surface area (Å²) in [4.78, 5) is 12.4. The molecule has 30 heavy (non-hydrogen) atoms. The van der Waals surface area contributed by atoms with Crippen molar-refractivity contribution in [3.05, 3.63) is 73.1 Å². The molecule has 2 N–H and O–H groups in total. The van der Waals surface area contributed by atoms with Crippen LogP contribution in [0.25, 0.3) is 33.1 Å². The van der Waals surface area contributed by atoms with Crippen LogP contribution in [0.4, 0.5) is 11.5 Å². The fourth-order valence-electron chi connectivity index (χ4n) is 3.66. The summed E-state index contributed by atoms with van der Waals surface area (Å²) in [5, 5.41) is 4.38. The Labute approximate surface area is 173 Å². The first-order valence-electron chi connectivity index (χ1n) is 9.58. The van der Waals surface area contributed by atoms with E-state index < -0.39 is 0 Å². The second-order valence-electron chi connectivity index (χ2n) is 6.90. The van der Waals surface area contributed by atoms with Gasteiger partial charge in [0.2, 0.25) is 0 Å². The molecule has 0 aliphatic heterocycles. The molecule has 0 amide bonds. The monoisotopic (exact) mass is 396 g/mol. The number of ether oxygens (including phenoxy) is 2. The lowest BCUT2D eigenvalue weighted by atomic mass is 10.1. The van der Waals surface area contributed by atoms with Gasteiger partial charge in [-0.3, -0.25) is 0 Å². The molecule has 6 heteroatoms. The van der Waals surface area contributed by atoms with Crippen LogP contribution in [0.1, 0.15) is 0 Å². The first-order chi connectivity index (χ1) is 14.8. The van der Waals surface area contributed by atoms with Crippen LogP contribution >= 0.6 is 0 Å². The molecule has 2 aromatic heterocycles. The van der Waals surface area contributed by atoms with Crippen molar-refractivity contribution in [2.75, 3.05) is 19.5 Å². The molecule has 0 spiro atoms. The van der Waals surface area contributed by atoms with E-state index in [2.05, 4.69) is 44.5 Å². The number of fused-ring (bicyclic) bond motifs is 3. The van der Waals surface area contributed by atoms with E-state index >= 15 is 0 Å². The number of hydrogen-bond acceptors (Lipinski definition) is 5. The molecule has 0 saturated heterocycles. The highest BCUT2D eigenvalue weighted by Crippen LogP contribution is 2.36. The third-order valence-electron chi connectivity index (χ3n) is 5.12. The van der Waals surface area contributed by atoms with Crippen molar-refractivity contribution >= 4 is 33.4 Å². The molecule has 5 aromatic rings. The first kappa shape index (κ1) is 18.0. The van der Waals surface area contributed by atoms with Crippen LogP contribution in [-0.2, 0) is 0 Å². The molecule has 0 fully saturated rings. The summed E-state index contributed by atoms with van der Waals surface area (Å²) in [7, 11) is 3.25. The van der Waals surface area contributed by atoms with Crippen LogP contribution in [0.15, 0.2) is 73.1 Å². The summed E-state index contributed by atoms with van der Waals surface area (Å²) in [6.07, 6.45) is 1.57. The third-order valence-corrected chi connectivity index (χ3v) is 5.12. The Balaban J connectivity index is 1.58. The number of rotatable bonds is 5. The van der Waals surface area contributed by atoms with Crippen molar-refractivity contribution in [1.82, 2.24) is 15.0 Å². The number of H-pyrrole nitrogens is 1. The van der Waals surface area contributed by atoms with Gasteiger partial charge in [0.25, 0.3) is 0 Å². The molecule has 0 aliphatic carbocycles. The van der Waals surface area contributed by atoms with Crippen LogP contribution in [-0.4, -0.2) is 29.2 Å². The average molecular weight is 396 g/mol. The molecular weight excluding hydrogens is 376 g/mol. The van der Waals surface area contributed by atoms with Crippen molar-refractivity contribution in [1.29, 1.82) is 0 Å². The quantitative estimate of drug-likeness (QED) is 0.408. The van der Waals surface area contributed by atoms with Crippen LogP contribution in [0.5, 0.6) is 11.5 Å². The Morgan fingerprint density at radius 3 is 2.37 bits per heavy atom. The molecule has 0 unspecified atom stereocenters. The Kier molecular flexibility index (Phi) is 4.44. The van der Waals surface area contributed by atoms with E-state index in [-0.39, 0.29) is 0 Å². The fourth-order valence-corrected chi connectivity index (χ4v) is 3.66. The zero-order chi connectivity index (χ0) is 20.5. The van der Waals surface area contributed by atoms with E-state index in [0.717, 1.165) is 33.2 Å². The van der Waals surface area contributed by atoms with Crippen molar-refractivity contribution < 1.29 is 9.47 Å². The Morgan fingerprint density at radius 1 is 0.800 bits per heavy atom. The van der Waals surface area contributed by atoms with Gasteiger partial charge in [-0.15, -0.1) is 0 Å². The molecule has 0 aliphatic rings. The van der Waals surface area contributed by atoms with E-state index in [1.165, 1.54) is 5.56 Å². The molecule has 3 aromatic carbocycles. The first-order valence-corrected chi connectivity index (χ1v) is 9.58. The number of aromatic nitrogens is 3. The van der Waals surface area contributed by atoms with Gasteiger partial charge in [-0.05, 0) is 29.3 Å². The smallest absolute Gasteiger partial charge is 0.162 e. The predicted octanol–water partition coefficient (Wildman–Crippen LogP) is 5.54. The fraction of sp³-hybridized carbons (Fsp3) is 0.0833. The number of benzene rings is 3. The van der Waals surface area contributed by atoms with Crippen molar-refractivity contribution in [3.8, 4) is 22.6 Å². The Morgan fingerprint density at radius 2 is 1.57 bits per heavy atom. The predicted molar refractivity (Wildman–Crippen MR) is 120 cm³/mol. The Hall–Kier alpha value is -4.06. The van der Waals surface area contributed by atoms with Crippen molar-refractivity contribution in [2.24, 2.45) is 0 Å². The average Bonchev–Trinajstić information content (AvgIpc) is 3.17. The van der Waals surface area contributed by atoms with Gasteiger partial charge in [0.15, 0.2) is 17.3 Å². The van der Waals surface area contributed by atoms with E-state index in [4.69, 9.17) is 9.47 Å². The summed E-state index contributed by atoms with van der Waals surface area (Å²) < 4.78 is 10.9. The van der Waals surface area contributed by atoms with Crippen molar-refractivity contribution in [3.63, 3.8) is 0 Å². The highest BCUT2D eigenvalue weighted by molar-refractivity contribution is 6.09. The number of nitrogens with one attached hydrogen (secondary N) is 2. The largest absolute Gasteiger partial charge is 0.493 e. The zero-order valence-corrected chi connectivity index (χ0v) is 16.6. The summed E-state index contributed by atoms with van der Waals surface area (Å²) in [6.45, 7) is 0. The van der Waals surface area contributed by atoms with Gasteiger partial charge in [-0.1, -0.05) is 42.5 Å². The van der Waals surface area contributed by atoms with Gasteiger partial charge in [-0.25, -0.2) is 9.97 Å². The minimum absolute atomic E-state index is 0.662. The van der Waals surface area contributed by atoms with Gasteiger partial charge in [-0.2, -0.15) is 0 Å². The van der Waals surface area contributed by atoms with Gasteiger partial charge >= 0.3 is 0 Å². The van der Waals surface area contributed by atoms with Crippen molar-refractivity contribution in [2.45, 2.75) is 0 Å². The molecule has 0 radical (unpaired) electrons. The number of hydrogen-bond donors (Lipinski definition) is 2. The molecule has 6 nitrogen and oxygen atoms in total. The molecule has 0 atom stereocenters. The summed E-state index contributed by atoms with van der Waals surface area (Å²) in [6, 6.07) is 22.4. The van der Waals surface area contributed by atoms with E-state index in [0.29, 0.717) is 17.3 Å². The lowest BCUT2D eigenvalue weighted by Crippen LogP contribution is -1.95. The molecule has 0 saturated carbocycles. The number of aromatic amines is 1. The maximum atomic E-state index is 5.45. The van der Waals surface area contributed by atoms with Gasteiger partial charge in [0.05, 0.1) is 19.7 Å². The van der Waals surface area contributed by atoms with Crippen LogP contribution in [0, 0.1) is 0 Å². The minimum Gasteiger partial charge on any atom is -0.493 e. The van der Waals surface area contributed by atoms with E-state index in [1.54, 1.807) is 20.5 Å². The zero-order valence-electron chi connectivity index (χ0n) is 16.6. The maximum absolute atomic E-state index is 5.45. The van der Waals surface area contributed by atoms with Gasteiger partial charge in [0, 0.05) is 17.1 Å². The van der Waals surface area contributed by atoms with Gasteiger partial charge in [0.1, 0.15) is 17.4 Å². The van der Waals surface area contributed by atoms with E-state index in [9.17, 15) is 0 Å². The summed E-state index contributed by atoms with van der Waals surface area (Å²) in [5.41, 5.74) is 5.81. The SMILES string of the molecule is COc1cc2[nH]c3c(Nc4cccc(-c5ccccc5)c4)ncnc3c2cc1OC. The highest BCUT2D eigenvalue weighted by Gasteiger charge is 2.15. The number of anilines is 2. The third kappa shape index (κ3) is 3.08. The molecule has 5 rings (SSSR count). The van der Waals surface area contributed by atoms with Crippen LogP contribution in [0.2, 0.25) is 0 Å². The molecular formula is C24H20N4O2. The second-order valence-corrected chi connectivity index (χ2v) is 6.90. The van der Waals surface area contributed by atoms with Crippen LogP contribution in [0.3, 0.4) is 0 Å². The highest BCUT2D eigenvalue weighted by atomic mass is 16.5. The number of nitrogens with zero attached hydrogens (tertiary/aromatic N) is 2. The lowest BCUT2D eigenvalue weighted by Gasteiger charge is -2.08. The molecule has 0 bridgehead atoms. The number of methoxy groups -OCH3 is 2. The Bertz CT molecular complexity index is 1350. The maximum Gasteiger partial charge on any atom is 0.162 e.